The number of nitrogens with one attached hydrogen (secondary N) is 2. The zero-order valence-corrected chi connectivity index (χ0v) is 12.0. The van der Waals surface area contributed by atoms with Gasteiger partial charge in [-0.15, -0.1) is 11.3 Å². The Balaban J connectivity index is 2.76. The van der Waals surface area contributed by atoms with Gasteiger partial charge in [-0.3, -0.25) is 19.9 Å². The van der Waals surface area contributed by atoms with Crippen molar-refractivity contribution in [3.8, 4) is 0 Å². The van der Waals surface area contributed by atoms with Crippen molar-refractivity contribution in [2.24, 2.45) is 5.84 Å². The summed E-state index contributed by atoms with van der Waals surface area (Å²) < 4.78 is 0. The normalized spacial score (nSPS) is 10.5. The minimum atomic E-state index is -0.290. The summed E-state index contributed by atoms with van der Waals surface area (Å²) in [4.78, 5) is 25.6. The third-order valence-electron chi connectivity index (χ3n) is 2.66. The van der Waals surface area contributed by atoms with E-state index in [0.29, 0.717) is 18.0 Å². The number of amides is 2. The summed E-state index contributed by atoms with van der Waals surface area (Å²) in [6.45, 7) is 3.74. The van der Waals surface area contributed by atoms with E-state index in [-0.39, 0.29) is 11.8 Å². The van der Waals surface area contributed by atoms with Crippen LogP contribution >= 0.6 is 11.3 Å². The van der Waals surface area contributed by atoms with E-state index in [2.05, 4.69) is 17.7 Å². The maximum absolute atomic E-state index is 11.6. The molecule has 0 unspecified atom stereocenters. The molecule has 7 heteroatoms. The van der Waals surface area contributed by atoms with Gasteiger partial charge in [-0.1, -0.05) is 6.92 Å². The average Bonchev–Trinajstić information content (AvgIpc) is 2.86. The molecule has 0 saturated heterocycles. The lowest BCUT2D eigenvalue weighted by Crippen LogP contribution is -2.36. The van der Waals surface area contributed by atoms with Gasteiger partial charge in [0.1, 0.15) is 0 Å². The highest BCUT2D eigenvalue weighted by Crippen LogP contribution is 2.18. The molecular formula is C12H20N4O2S. The third kappa shape index (κ3) is 4.62. The van der Waals surface area contributed by atoms with Crippen molar-refractivity contribution in [2.75, 3.05) is 20.1 Å². The van der Waals surface area contributed by atoms with Crippen LogP contribution in [0, 0.1) is 0 Å². The molecule has 19 heavy (non-hydrogen) atoms. The number of carbonyl (C=O) groups excluding carboxylic acids is 2. The van der Waals surface area contributed by atoms with Gasteiger partial charge in [0, 0.05) is 13.6 Å². The second-order valence-electron chi connectivity index (χ2n) is 4.13. The number of hydrazine groups is 1. The molecule has 1 aromatic heterocycles. The maximum atomic E-state index is 11.6. The molecule has 0 aliphatic rings. The predicted molar refractivity (Wildman–Crippen MR) is 75.6 cm³/mol. The number of hydrogen-bond acceptors (Lipinski definition) is 5. The van der Waals surface area contributed by atoms with Gasteiger partial charge in [-0.2, -0.15) is 0 Å². The number of nitrogens with two attached hydrogens (primary N) is 1. The largest absolute Gasteiger partial charge is 0.358 e. The Morgan fingerprint density at radius 2 is 2.21 bits per heavy atom. The van der Waals surface area contributed by atoms with E-state index in [1.165, 1.54) is 11.3 Å². The van der Waals surface area contributed by atoms with Gasteiger partial charge in [0.2, 0.25) is 5.91 Å². The van der Waals surface area contributed by atoms with Crippen LogP contribution in [0.2, 0.25) is 0 Å². The van der Waals surface area contributed by atoms with Crippen LogP contribution in [0.15, 0.2) is 11.4 Å². The number of likely N-dealkylation sites (N-methyl/N-ethyl adjacent to an activating group) is 1. The number of thiophene rings is 1. The number of carbonyl (C=O) groups is 2. The summed E-state index contributed by atoms with van der Waals surface area (Å²) in [7, 11) is 1.62. The highest BCUT2D eigenvalue weighted by atomic mass is 32.1. The molecule has 0 aliphatic heterocycles. The molecule has 1 aromatic rings. The van der Waals surface area contributed by atoms with Crippen LogP contribution in [0.5, 0.6) is 0 Å². The van der Waals surface area contributed by atoms with E-state index in [9.17, 15) is 9.59 Å². The zero-order chi connectivity index (χ0) is 14.3. The lowest BCUT2D eigenvalue weighted by Gasteiger charge is -2.20. The van der Waals surface area contributed by atoms with Crippen LogP contribution in [0.4, 0.5) is 0 Å². The molecule has 0 radical (unpaired) electrons. The standard InChI is InChI=1S/C12H20N4O2S/c1-3-5-16(8-10(17)14-2)7-9-4-6-19-11(9)12(18)15-13/h4,6H,3,5,7-8,13H2,1-2H3,(H,14,17)(H,15,18). The number of nitrogen functional groups attached to an aromatic ring is 1. The quantitative estimate of drug-likeness (QED) is 0.382. The van der Waals surface area contributed by atoms with Crippen LogP contribution in [0.3, 0.4) is 0 Å². The SMILES string of the molecule is CCCN(CC(=O)NC)Cc1ccsc1C(=O)NN. The lowest BCUT2D eigenvalue weighted by atomic mass is 10.2. The Hall–Kier alpha value is -1.44. The van der Waals surface area contributed by atoms with Crippen molar-refractivity contribution in [1.29, 1.82) is 0 Å². The Morgan fingerprint density at radius 1 is 1.47 bits per heavy atom. The molecule has 0 atom stereocenters. The monoisotopic (exact) mass is 284 g/mol. The first kappa shape index (κ1) is 15.6. The molecule has 1 rings (SSSR count). The summed E-state index contributed by atoms with van der Waals surface area (Å²) in [5, 5.41) is 4.46. The molecule has 0 spiro atoms. The van der Waals surface area contributed by atoms with Crippen LogP contribution in [0.1, 0.15) is 28.6 Å². The topological polar surface area (TPSA) is 87.5 Å². The van der Waals surface area contributed by atoms with Crippen molar-refractivity contribution in [2.45, 2.75) is 19.9 Å². The Kier molecular flexibility index (Phi) is 6.48. The summed E-state index contributed by atoms with van der Waals surface area (Å²) in [5.74, 6) is 4.83. The van der Waals surface area contributed by atoms with Crippen molar-refractivity contribution in [3.05, 3.63) is 21.9 Å². The first-order chi connectivity index (χ1) is 9.12. The van der Waals surface area contributed by atoms with E-state index in [1.54, 1.807) is 7.05 Å². The van der Waals surface area contributed by atoms with Gasteiger partial charge in [-0.25, -0.2) is 5.84 Å². The number of hydrogen-bond donors (Lipinski definition) is 3. The van der Waals surface area contributed by atoms with Gasteiger partial charge >= 0.3 is 0 Å². The van der Waals surface area contributed by atoms with E-state index in [0.717, 1.165) is 18.5 Å². The molecule has 106 valence electrons. The van der Waals surface area contributed by atoms with Crippen LogP contribution < -0.4 is 16.6 Å². The molecule has 0 aromatic carbocycles. The first-order valence-corrected chi connectivity index (χ1v) is 7.00. The highest BCUT2D eigenvalue weighted by molar-refractivity contribution is 7.12. The summed E-state index contributed by atoms with van der Waals surface area (Å²) in [5.41, 5.74) is 3.03. The Bertz CT molecular complexity index is 433. The van der Waals surface area contributed by atoms with E-state index < -0.39 is 0 Å². The third-order valence-corrected chi connectivity index (χ3v) is 3.62. The van der Waals surface area contributed by atoms with Crippen molar-refractivity contribution in [3.63, 3.8) is 0 Å². The molecule has 6 nitrogen and oxygen atoms in total. The molecule has 0 saturated carbocycles. The number of nitrogens with zero attached hydrogens (tertiary/aromatic N) is 1. The summed E-state index contributed by atoms with van der Waals surface area (Å²) in [6, 6.07) is 1.89. The molecule has 0 aliphatic carbocycles. The lowest BCUT2D eigenvalue weighted by molar-refractivity contribution is -0.121. The molecule has 2 amide bonds. The van der Waals surface area contributed by atoms with E-state index >= 15 is 0 Å². The highest BCUT2D eigenvalue weighted by Gasteiger charge is 2.16. The summed E-state index contributed by atoms with van der Waals surface area (Å²) >= 11 is 1.35. The Labute approximate surface area is 116 Å². The van der Waals surface area contributed by atoms with Crippen LogP contribution in [-0.2, 0) is 11.3 Å². The van der Waals surface area contributed by atoms with E-state index in [4.69, 9.17) is 5.84 Å². The van der Waals surface area contributed by atoms with Crippen LogP contribution in [-0.4, -0.2) is 36.9 Å². The van der Waals surface area contributed by atoms with E-state index in [1.807, 2.05) is 16.3 Å². The fraction of sp³-hybridized carbons (Fsp3) is 0.500. The average molecular weight is 284 g/mol. The minimum absolute atomic E-state index is 0.0338. The van der Waals surface area contributed by atoms with Crippen LogP contribution in [0.25, 0.3) is 0 Å². The molecule has 0 fully saturated rings. The molecule has 1 heterocycles. The fourth-order valence-electron chi connectivity index (χ4n) is 1.78. The first-order valence-electron chi connectivity index (χ1n) is 6.12. The molecular weight excluding hydrogens is 264 g/mol. The number of rotatable bonds is 7. The second-order valence-corrected chi connectivity index (χ2v) is 5.05. The van der Waals surface area contributed by atoms with Gasteiger partial charge in [0.25, 0.3) is 5.91 Å². The van der Waals surface area contributed by atoms with Crippen molar-refractivity contribution < 1.29 is 9.59 Å². The van der Waals surface area contributed by atoms with Gasteiger partial charge in [0.15, 0.2) is 0 Å². The van der Waals surface area contributed by atoms with Gasteiger partial charge in [0.05, 0.1) is 11.4 Å². The van der Waals surface area contributed by atoms with Crippen molar-refractivity contribution >= 4 is 23.2 Å². The smallest absolute Gasteiger partial charge is 0.275 e. The second kappa shape index (κ2) is 7.88. The van der Waals surface area contributed by atoms with Crippen molar-refractivity contribution in [1.82, 2.24) is 15.6 Å². The minimum Gasteiger partial charge on any atom is -0.358 e. The molecule has 4 N–H and O–H groups in total. The van der Waals surface area contributed by atoms with Gasteiger partial charge in [-0.05, 0) is 30.0 Å². The van der Waals surface area contributed by atoms with Gasteiger partial charge < -0.3 is 5.32 Å². The fourth-order valence-corrected chi connectivity index (χ4v) is 2.60. The Morgan fingerprint density at radius 3 is 2.79 bits per heavy atom. The zero-order valence-electron chi connectivity index (χ0n) is 11.2. The maximum Gasteiger partial charge on any atom is 0.275 e. The summed E-state index contributed by atoms with van der Waals surface area (Å²) in [6.07, 6.45) is 0.944. The predicted octanol–water partition coefficient (Wildman–Crippen LogP) is 0.310. The molecule has 0 bridgehead atoms.